The number of carbonyl (C=O) groups excluding carboxylic acids is 1. The normalized spacial score (nSPS) is 19.8. The number of hydrogen-bond acceptors (Lipinski definition) is 2. The first kappa shape index (κ1) is 11.2. The molecule has 0 saturated heterocycles. The van der Waals surface area contributed by atoms with Gasteiger partial charge in [-0.25, -0.2) is 8.78 Å². The standard InChI is InChI=1S/C12H12F2O2/c13-9-5-8(6-10(14)7-9)12(16)3-1-11(15)2-4-12/h5-7,16H,1-4H2. The second-order valence-corrected chi connectivity index (χ2v) is 4.23. The summed E-state index contributed by atoms with van der Waals surface area (Å²) in [5, 5.41) is 10.2. The first-order valence-electron chi connectivity index (χ1n) is 5.20. The largest absolute Gasteiger partial charge is 0.385 e. The molecule has 0 aromatic heterocycles. The molecule has 0 atom stereocenters. The van der Waals surface area contributed by atoms with Crippen molar-refractivity contribution in [1.82, 2.24) is 0 Å². The molecule has 1 fully saturated rings. The molecule has 1 aliphatic carbocycles. The van der Waals surface area contributed by atoms with Crippen molar-refractivity contribution in [2.24, 2.45) is 0 Å². The Morgan fingerprint density at radius 2 is 1.56 bits per heavy atom. The Hall–Kier alpha value is -1.29. The summed E-state index contributed by atoms with van der Waals surface area (Å²) in [5.74, 6) is -1.33. The lowest BCUT2D eigenvalue weighted by atomic mass is 9.79. The van der Waals surface area contributed by atoms with E-state index in [0.29, 0.717) is 0 Å². The highest BCUT2D eigenvalue weighted by Gasteiger charge is 2.34. The molecule has 2 rings (SSSR count). The lowest BCUT2D eigenvalue weighted by Gasteiger charge is -2.31. The van der Waals surface area contributed by atoms with Crippen molar-refractivity contribution in [2.75, 3.05) is 0 Å². The predicted octanol–water partition coefficient (Wildman–Crippen LogP) is 2.30. The van der Waals surface area contributed by atoms with Crippen LogP contribution in [0.5, 0.6) is 0 Å². The Morgan fingerprint density at radius 3 is 2.06 bits per heavy atom. The molecule has 1 aromatic rings. The summed E-state index contributed by atoms with van der Waals surface area (Å²) in [6.07, 6.45) is 0.979. The van der Waals surface area contributed by atoms with E-state index in [0.717, 1.165) is 18.2 Å². The van der Waals surface area contributed by atoms with Crippen LogP contribution in [0.15, 0.2) is 18.2 Å². The molecule has 1 aliphatic rings. The van der Waals surface area contributed by atoms with Crippen molar-refractivity contribution in [2.45, 2.75) is 31.3 Å². The Bertz CT molecular complexity index is 399. The predicted molar refractivity (Wildman–Crippen MR) is 53.7 cm³/mol. The van der Waals surface area contributed by atoms with Crippen LogP contribution < -0.4 is 0 Å². The molecular weight excluding hydrogens is 214 g/mol. The molecule has 0 heterocycles. The van der Waals surface area contributed by atoms with E-state index < -0.39 is 17.2 Å². The van der Waals surface area contributed by atoms with Crippen molar-refractivity contribution in [1.29, 1.82) is 0 Å². The molecule has 0 spiro atoms. The first-order chi connectivity index (χ1) is 7.49. The molecule has 16 heavy (non-hydrogen) atoms. The summed E-state index contributed by atoms with van der Waals surface area (Å²) >= 11 is 0. The van der Waals surface area contributed by atoms with E-state index in [2.05, 4.69) is 0 Å². The van der Waals surface area contributed by atoms with Gasteiger partial charge in [0.1, 0.15) is 17.4 Å². The van der Waals surface area contributed by atoms with Crippen LogP contribution in [0.2, 0.25) is 0 Å². The Kier molecular flexibility index (Phi) is 2.76. The molecule has 0 amide bonds. The second kappa shape index (κ2) is 3.94. The summed E-state index contributed by atoms with van der Waals surface area (Å²) < 4.78 is 26.0. The second-order valence-electron chi connectivity index (χ2n) is 4.23. The Labute approximate surface area is 91.9 Å². The number of ketones is 1. The maximum atomic E-state index is 13.0. The van der Waals surface area contributed by atoms with Gasteiger partial charge in [0.15, 0.2) is 0 Å². The number of hydrogen-bond donors (Lipinski definition) is 1. The minimum atomic E-state index is -1.27. The smallest absolute Gasteiger partial charge is 0.133 e. The highest BCUT2D eigenvalue weighted by molar-refractivity contribution is 5.79. The monoisotopic (exact) mass is 226 g/mol. The zero-order valence-electron chi connectivity index (χ0n) is 8.67. The van der Waals surface area contributed by atoms with Crippen molar-refractivity contribution in [3.05, 3.63) is 35.4 Å². The van der Waals surface area contributed by atoms with Crippen LogP contribution in [0.25, 0.3) is 0 Å². The molecule has 0 unspecified atom stereocenters. The van der Waals surface area contributed by atoms with E-state index in [1.165, 1.54) is 0 Å². The minimum absolute atomic E-state index is 0.0848. The van der Waals surface area contributed by atoms with E-state index in [4.69, 9.17) is 0 Å². The molecule has 1 N–H and O–H groups in total. The van der Waals surface area contributed by atoms with Crippen LogP contribution >= 0.6 is 0 Å². The van der Waals surface area contributed by atoms with Crippen LogP contribution in [0.1, 0.15) is 31.2 Å². The number of aliphatic hydroxyl groups is 1. The number of carbonyl (C=O) groups is 1. The van der Waals surface area contributed by atoms with Gasteiger partial charge in [0.05, 0.1) is 5.60 Å². The molecule has 1 saturated carbocycles. The summed E-state index contributed by atoms with van der Waals surface area (Å²) in [6, 6.07) is 3.01. The molecule has 0 radical (unpaired) electrons. The quantitative estimate of drug-likeness (QED) is 0.797. The van der Waals surface area contributed by atoms with E-state index in [9.17, 15) is 18.7 Å². The average molecular weight is 226 g/mol. The van der Waals surface area contributed by atoms with Gasteiger partial charge in [-0.2, -0.15) is 0 Å². The van der Waals surface area contributed by atoms with Crippen molar-refractivity contribution in [3.63, 3.8) is 0 Å². The molecule has 1 aromatic carbocycles. The van der Waals surface area contributed by atoms with E-state index in [1.807, 2.05) is 0 Å². The first-order valence-corrected chi connectivity index (χ1v) is 5.20. The third kappa shape index (κ3) is 2.11. The highest BCUT2D eigenvalue weighted by Crippen LogP contribution is 2.36. The van der Waals surface area contributed by atoms with Gasteiger partial charge in [-0.3, -0.25) is 4.79 Å². The maximum Gasteiger partial charge on any atom is 0.133 e. The summed E-state index contributed by atoms with van der Waals surface area (Å²) in [4.78, 5) is 11.1. The van der Waals surface area contributed by atoms with Gasteiger partial charge in [-0.1, -0.05) is 0 Å². The summed E-state index contributed by atoms with van der Waals surface area (Å²) in [7, 11) is 0. The fourth-order valence-corrected chi connectivity index (χ4v) is 2.05. The zero-order chi connectivity index (χ0) is 11.8. The molecular formula is C12H12F2O2. The Morgan fingerprint density at radius 1 is 1.06 bits per heavy atom. The van der Waals surface area contributed by atoms with Gasteiger partial charge in [-0.15, -0.1) is 0 Å². The van der Waals surface area contributed by atoms with Crippen molar-refractivity contribution < 1.29 is 18.7 Å². The van der Waals surface area contributed by atoms with Crippen LogP contribution in [-0.2, 0) is 10.4 Å². The van der Waals surface area contributed by atoms with Crippen LogP contribution in [0, 0.1) is 11.6 Å². The van der Waals surface area contributed by atoms with E-state index in [-0.39, 0.29) is 37.0 Å². The third-order valence-corrected chi connectivity index (χ3v) is 3.03. The van der Waals surface area contributed by atoms with Crippen molar-refractivity contribution >= 4 is 5.78 Å². The number of Topliss-reactive ketones (excluding diaryl/α,β-unsaturated/α-hetero) is 1. The fourth-order valence-electron chi connectivity index (χ4n) is 2.05. The summed E-state index contributed by atoms with van der Waals surface area (Å²) in [6.45, 7) is 0. The van der Waals surface area contributed by atoms with Gasteiger partial charge in [0.25, 0.3) is 0 Å². The van der Waals surface area contributed by atoms with E-state index >= 15 is 0 Å². The van der Waals surface area contributed by atoms with Crippen LogP contribution in [-0.4, -0.2) is 10.9 Å². The fraction of sp³-hybridized carbons (Fsp3) is 0.417. The topological polar surface area (TPSA) is 37.3 Å². The van der Waals surface area contributed by atoms with Crippen molar-refractivity contribution in [3.8, 4) is 0 Å². The molecule has 0 aliphatic heterocycles. The SMILES string of the molecule is O=C1CCC(O)(c2cc(F)cc(F)c2)CC1. The molecule has 86 valence electrons. The van der Waals surface area contributed by atoms with Gasteiger partial charge < -0.3 is 5.11 Å². The number of benzene rings is 1. The lowest BCUT2D eigenvalue weighted by Crippen LogP contribution is -2.31. The average Bonchev–Trinajstić information content (AvgIpc) is 2.21. The molecule has 0 bridgehead atoms. The molecule has 4 heteroatoms. The third-order valence-electron chi connectivity index (χ3n) is 3.03. The Balaban J connectivity index is 2.32. The van der Waals surface area contributed by atoms with E-state index in [1.54, 1.807) is 0 Å². The molecule has 2 nitrogen and oxygen atoms in total. The maximum absolute atomic E-state index is 13.0. The van der Waals surface area contributed by atoms with Gasteiger partial charge in [0, 0.05) is 18.9 Å². The van der Waals surface area contributed by atoms with Gasteiger partial charge in [-0.05, 0) is 30.5 Å². The van der Waals surface area contributed by atoms with Gasteiger partial charge in [0.2, 0.25) is 0 Å². The van der Waals surface area contributed by atoms with Gasteiger partial charge >= 0.3 is 0 Å². The highest BCUT2D eigenvalue weighted by atomic mass is 19.1. The number of rotatable bonds is 1. The number of halogens is 2. The van der Waals surface area contributed by atoms with Crippen LogP contribution in [0.4, 0.5) is 8.78 Å². The zero-order valence-corrected chi connectivity index (χ0v) is 8.67. The van der Waals surface area contributed by atoms with Crippen LogP contribution in [0.3, 0.4) is 0 Å². The lowest BCUT2D eigenvalue weighted by molar-refractivity contribution is -0.125. The summed E-state index contributed by atoms with van der Waals surface area (Å²) in [5.41, 5.74) is -1.05. The minimum Gasteiger partial charge on any atom is -0.385 e.